The van der Waals surface area contributed by atoms with E-state index < -0.39 is 0 Å². The Hall–Kier alpha value is -2.53. The number of carbonyl (C=O) groups is 2. The predicted octanol–water partition coefficient (Wildman–Crippen LogP) is 3.95. The molecule has 1 fully saturated rings. The highest BCUT2D eigenvalue weighted by atomic mass is 19.1. The first-order chi connectivity index (χ1) is 14.0. The summed E-state index contributed by atoms with van der Waals surface area (Å²) in [6.07, 6.45) is 3.42. The molecule has 2 aromatic carbocycles. The molecule has 1 aliphatic heterocycles. The molecule has 1 aliphatic rings. The van der Waals surface area contributed by atoms with Gasteiger partial charge in [0.05, 0.1) is 0 Å². The van der Waals surface area contributed by atoms with Crippen LogP contribution >= 0.6 is 0 Å². The molecule has 0 N–H and O–H groups in total. The van der Waals surface area contributed by atoms with Crippen LogP contribution in [0.2, 0.25) is 0 Å². The molecule has 1 saturated heterocycles. The Kier molecular flexibility index (Phi) is 7.53. The Morgan fingerprint density at radius 1 is 1.07 bits per heavy atom. The molecule has 2 aromatic rings. The topological polar surface area (TPSA) is 40.6 Å². The molecule has 154 valence electrons. The molecule has 0 spiro atoms. The highest BCUT2D eigenvalue weighted by molar-refractivity contribution is 5.97. The zero-order valence-electron chi connectivity index (χ0n) is 17.0. The van der Waals surface area contributed by atoms with Crippen molar-refractivity contribution in [3.8, 4) is 0 Å². The lowest BCUT2D eigenvalue weighted by Crippen LogP contribution is -2.49. The second-order valence-electron chi connectivity index (χ2n) is 7.77. The highest BCUT2D eigenvalue weighted by Crippen LogP contribution is 2.17. The number of Topliss-reactive ketones (excluding diaryl/α,β-unsaturated/α-hetero) is 1. The van der Waals surface area contributed by atoms with Gasteiger partial charge in [-0.25, -0.2) is 4.39 Å². The van der Waals surface area contributed by atoms with Gasteiger partial charge >= 0.3 is 0 Å². The van der Waals surface area contributed by atoms with Gasteiger partial charge in [-0.1, -0.05) is 30.3 Å². The number of nitrogens with zero attached hydrogens (tertiary/aromatic N) is 2. The average Bonchev–Trinajstić information content (AvgIpc) is 2.76. The number of halogens is 1. The molecule has 0 radical (unpaired) electrons. The average molecular weight is 397 g/mol. The van der Waals surface area contributed by atoms with Gasteiger partial charge in [-0.2, -0.15) is 0 Å². The van der Waals surface area contributed by atoms with E-state index in [2.05, 4.69) is 29.2 Å². The number of hydrogen-bond acceptors (Lipinski definition) is 3. The van der Waals surface area contributed by atoms with Crippen LogP contribution in [-0.4, -0.2) is 54.2 Å². The van der Waals surface area contributed by atoms with Gasteiger partial charge in [0.25, 0.3) is 0 Å². The molecule has 29 heavy (non-hydrogen) atoms. The second-order valence-corrected chi connectivity index (χ2v) is 7.77. The number of benzene rings is 2. The molecule has 1 atom stereocenters. The Labute approximate surface area is 172 Å². The minimum atomic E-state index is -0.369. The first-order valence-electron chi connectivity index (χ1n) is 10.3. The van der Waals surface area contributed by atoms with Crippen molar-refractivity contribution in [3.63, 3.8) is 0 Å². The van der Waals surface area contributed by atoms with Gasteiger partial charge in [0, 0.05) is 44.6 Å². The smallest absolute Gasteiger partial charge is 0.223 e. The molecular formula is C24H29FN2O2. The number of piperidine rings is 1. The van der Waals surface area contributed by atoms with E-state index in [1.807, 2.05) is 18.0 Å². The molecule has 1 amide bonds. The summed E-state index contributed by atoms with van der Waals surface area (Å²) in [6.45, 7) is 2.93. The number of likely N-dealkylation sites (N-methyl/N-ethyl adjacent to an activating group) is 1. The van der Waals surface area contributed by atoms with Crippen molar-refractivity contribution < 1.29 is 14.0 Å². The number of amides is 1. The quantitative estimate of drug-likeness (QED) is 0.635. The van der Waals surface area contributed by atoms with Gasteiger partial charge in [0.1, 0.15) is 5.82 Å². The molecule has 5 heteroatoms. The lowest BCUT2D eigenvalue weighted by atomic mass is 10.0. The van der Waals surface area contributed by atoms with Gasteiger partial charge in [-0.3, -0.25) is 9.59 Å². The van der Waals surface area contributed by atoms with Gasteiger partial charge in [0.2, 0.25) is 5.91 Å². The molecule has 1 heterocycles. The molecule has 4 nitrogen and oxygen atoms in total. The maximum Gasteiger partial charge on any atom is 0.223 e. The largest absolute Gasteiger partial charge is 0.341 e. The third-order valence-electron chi connectivity index (χ3n) is 5.71. The van der Waals surface area contributed by atoms with Gasteiger partial charge in [-0.05, 0) is 55.6 Å². The van der Waals surface area contributed by atoms with Crippen LogP contribution in [0.15, 0.2) is 54.6 Å². The molecule has 1 unspecified atom stereocenters. The van der Waals surface area contributed by atoms with E-state index in [0.29, 0.717) is 5.56 Å². The Balaban J connectivity index is 1.45. The fourth-order valence-electron chi connectivity index (χ4n) is 3.86. The summed E-state index contributed by atoms with van der Waals surface area (Å²) < 4.78 is 13.0. The van der Waals surface area contributed by atoms with E-state index in [-0.39, 0.29) is 36.4 Å². The van der Waals surface area contributed by atoms with Gasteiger partial charge in [-0.15, -0.1) is 0 Å². The van der Waals surface area contributed by atoms with E-state index in [1.54, 1.807) is 0 Å². The molecule has 0 bridgehead atoms. The first kappa shape index (κ1) is 21.2. The number of ketones is 1. The number of likely N-dealkylation sites (tertiary alicyclic amines) is 1. The SMILES string of the molecule is CN(C(=O)CCC(=O)c1ccc(F)cc1)C1CCCN(CCc2ccccc2)C1. The number of carbonyl (C=O) groups excluding carboxylic acids is 2. The van der Waals surface area contributed by atoms with Crippen LogP contribution in [0.25, 0.3) is 0 Å². The minimum Gasteiger partial charge on any atom is -0.341 e. The monoisotopic (exact) mass is 396 g/mol. The fraction of sp³-hybridized carbons (Fsp3) is 0.417. The van der Waals surface area contributed by atoms with E-state index in [1.165, 1.54) is 29.8 Å². The molecule has 0 saturated carbocycles. The summed E-state index contributed by atoms with van der Waals surface area (Å²) in [5, 5.41) is 0. The normalized spacial score (nSPS) is 17.1. The summed E-state index contributed by atoms with van der Waals surface area (Å²) in [7, 11) is 1.84. The van der Waals surface area contributed by atoms with Crippen LogP contribution in [-0.2, 0) is 11.2 Å². The summed E-state index contributed by atoms with van der Waals surface area (Å²) in [4.78, 5) is 29.1. The Morgan fingerprint density at radius 2 is 1.79 bits per heavy atom. The lowest BCUT2D eigenvalue weighted by Gasteiger charge is -2.37. The van der Waals surface area contributed by atoms with E-state index in [9.17, 15) is 14.0 Å². The zero-order valence-corrected chi connectivity index (χ0v) is 17.0. The Bertz CT molecular complexity index is 807. The lowest BCUT2D eigenvalue weighted by molar-refractivity contribution is -0.133. The highest BCUT2D eigenvalue weighted by Gasteiger charge is 2.26. The van der Waals surface area contributed by atoms with Gasteiger partial charge in [0.15, 0.2) is 5.78 Å². The maximum absolute atomic E-state index is 13.0. The van der Waals surface area contributed by atoms with Gasteiger partial charge < -0.3 is 9.80 Å². The summed E-state index contributed by atoms with van der Waals surface area (Å²) in [5.74, 6) is -0.498. The fourth-order valence-corrected chi connectivity index (χ4v) is 3.86. The summed E-state index contributed by atoms with van der Waals surface area (Å²) >= 11 is 0. The third-order valence-corrected chi connectivity index (χ3v) is 5.71. The van der Waals surface area contributed by atoms with Crippen molar-refractivity contribution in [2.45, 2.75) is 38.1 Å². The van der Waals surface area contributed by atoms with Crippen LogP contribution < -0.4 is 0 Å². The molecular weight excluding hydrogens is 367 g/mol. The molecule has 3 rings (SSSR count). The zero-order chi connectivity index (χ0) is 20.6. The number of rotatable bonds is 8. The summed E-state index contributed by atoms with van der Waals surface area (Å²) in [5.41, 5.74) is 1.78. The van der Waals surface area contributed by atoms with Crippen molar-refractivity contribution in [1.82, 2.24) is 9.80 Å². The van der Waals surface area contributed by atoms with E-state index in [0.717, 1.165) is 38.9 Å². The van der Waals surface area contributed by atoms with E-state index in [4.69, 9.17) is 0 Å². The van der Waals surface area contributed by atoms with Crippen molar-refractivity contribution >= 4 is 11.7 Å². The maximum atomic E-state index is 13.0. The second kappa shape index (κ2) is 10.3. The third kappa shape index (κ3) is 6.23. The first-order valence-corrected chi connectivity index (χ1v) is 10.3. The van der Waals surface area contributed by atoms with E-state index >= 15 is 0 Å². The van der Waals surface area contributed by atoms with Crippen LogP contribution in [0.4, 0.5) is 4.39 Å². The van der Waals surface area contributed by atoms with Crippen LogP contribution in [0.3, 0.4) is 0 Å². The molecule has 0 aliphatic carbocycles. The standard InChI is InChI=1S/C24H29FN2O2/c1-26(24(29)14-13-23(28)20-9-11-21(25)12-10-20)22-8-5-16-27(18-22)17-15-19-6-3-2-4-7-19/h2-4,6-7,9-12,22H,5,8,13-18H2,1H3. The van der Waals surface area contributed by atoms with Crippen molar-refractivity contribution in [2.75, 3.05) is 26.7 Å². The van der Waals surface area contributed by atoms with Crippen molar-refractivity contribution in [1.29, 1.82) is 0 Å². The van der Waals surface area contributed by atoms with Crippen LogP contribution in [0, 0.1) is 5.82 Å². The molecule has 0 aromatic heterocycles. The van der Waals surface area contributed by atoms with Crippen LogP contribution in [0.1, 0.15) is 41.6 Å². The van der Waals surface area contributed by atoms with Crippen LogP contribution in [0.5, 0.6) is 0 Å². The number of hydrogen-bond donors (Lipinski definition) is 0. The summed E-state index contributed by atoms with van der Waals surface area (Å²) in [6, 6.07) is 16.1. The minimum absolute atomic E-state index is 0.00429. The van der Waals surface area contributed by atoms with Crippen molar-refractivity contribution in [3.05, 3.63) is 71.5 Å². The Morgan fingerprint density at radius 3 is 2.52 bits per heavy atom. The predicted molar refractivity (Wildman–Crippen MR) is 112 cm³/mol. The van der Waals surface area contributed by atoms with Crippen molar-refractivity contribution in [2.24, 2.45) is 0 Å².